The zero-order chi connectivity index (χ0) is 14.5. The normalized spacial score (nSPS) is 9.80. The van der Waals surface area contributed by atoms with Gasteiger partial charge in [-0.25, -0.2) is 4.79 Å². The van der Waals surface area contributed by atoms with Crippen molar-refractivity contribution >= 4 is 23.4 Å². The van der Waals surface area contributed by atoms with Crippen LogP contribution < -0.4 is 5.73 Å². The number of anilines is 1. The summed E-state index contributed by atoms with van der Waals surface area (Å²) in [7, 11) is 1.35. The first-order valence-electron chi connectivity index (χ1n) is 5.80. The van der Waals surface area contributed by atoms with Gasteiger partial charge in [0.05, 0.1) is 18.2 Å². The lowest BCUT2D eigenvalue weighted by molar-refractivity contribution is 0.0600. The maximum atomic E-state index is 11.3. The number of hydrogen-bond acceptors (Lipinski definition) is 5. The van der Waals surface area contributed by atoms with Crippen molar-refractivity contribution in [1.82, 2.24) is 0 Å². The number of rotatable bonds is 3. The number of carbonyl (C=O) groups is 1. The van der Waals surface area contributed by atoms with Crippen LogP contribution in [0.5, 0.6) is 0 Å². The fourth-order valence-electron chi connectivity index (χ4n) is 1.63. The van der Waals surface area contributed by atoms with Gasteiger partial charge in [-0.15, -0.1) is 0 Å². The van der Waals surface area contributed by atoms with Gasteiger partial charge in [-0.2, -0.15) is 5.26 Å². The van der Waals surface area contributed by atoms with Gasteiger partial charge in [0.25, 0.3) is 0 Å². The Labute approximate surface area is 121 Å². The summed E-state index contributed by atoms with van der Waals surface area (Å²) in [5.74, 6) is -0.369. The number of nitrogens with two attached hydrogens (primary N) is 1. The van der Waals surface area contributed by atoms with Crippen molar-refractivity contribution in [2.24, 2.45) is 0 Å². The molecule has 0 aromatic heterocycles. The number of hydrogen-bond donors (Lipinski definition) is 1. The van der Waals surface area contributed by atoms with Gasteiger partial charge in [-0.1, -0.05) is 11.8 Å². The minimum atomic E-state index is -0.369. The quantitative estimate of drug-likeness (QED) is 0.692. The first-order chi connectivity index (χ1) is 9.63. The molecule has 0 fully saturated rings. The lowest BCUT2D eigenvalue weighted by Gasteiger charge is -2.05. The van der Waals surface area contributed by atoms with Gasteiger partial charge in [0, 0.05) is 15.5 Å². The topological polar surface area (TPSA) is 76.1 Å². The van der Waals surface area contributed by atoms with E-state index in [1.165, 1.54) is 18.9 Å². The van der Waals surface area contributed by atoms with Gasteiger partial charge in [-0.05, 0) is 42.5 Å². The monoisotopic (exact) mass is 284 g/mol. The van der Waals surface area contributed by atoms with Gasteiger partial charge in [0.2, 0.25) is 0 Å². The molecule has 0 unspecified atom stereocenters. The first-order valence-corrected chi connectivity index (χ1v) is 6.61. The van der Waals surface area contributed by atoms with Crippen molar-refractivity contribution < 1.29 is 9.53 Å². The van der Waals surface area contributed by atoms with Crippen LogP contribution in [0.15, 0.2) is 52.3 Å². The average Bonchev–Trinajstić information content (AvgIpc) is 2.49. The molecule has 2 aromatic carbocycles. The predicted octanol–water partition coefficient (Wildman–Crippen LogP) is 3.08. The van der Waals surface area contributed by atoms with Crippen LogP contribution >= 0.6 is 11.8 Å². The molecular weight excluding hydrogens is 272 g/mol. The molecule has 4 nitrogen and oxygen atoms in total. The lowest BCUT2D eigenvalue weighted by atomic mass is 10.2. The highest BCUT2D eigenvalue weighted by Gasteiger charge is 2.07. The Bertz CT molecular complexity index is 675. The molecule has 0 saturated heterocycles. The lowest BCUT2D eigenvalue weighted by Crippen LogP contribution is -2.00. The van der Waals surface area contributed by atoms with Crippen molar-refractivity contribution in [3.05, 3.63) is 53.6 Å². The van der Waals surface area contributed by atoms with Crippen LogP contribution in [0.4, 0.5) is 5.69 Å². The van der Waals surface area contributed by atoms with Crippen LogP contribution in [0.1, 0.15) is 15.9 Å². The van der Waals surface area contributed by atoms with Gasteiger partial charge < -0.3 is 10.5 Å². The minimum absolute atomic E-state index is 0.369. The number of nitriles is 1. The van der Waals surface area contributed by atoms with Gasteiger partial charge in [-0.3, -0.25) is 0 Å². The molecule has 2 N–H and O–H groups in total. The summed E-state index contributed by atoms with van der Waals surface area (Å²) in [6.45, 7) is 0. The van der Waals surface area contributed by atoms with E-state index in [1.807, 2.05) is 18.2 Å². The number of nitrogens with zero attached hydrogens (tertiary/aromatic N) is 1. The number of esters is 1. The van der Waals surface area contributed by atoms with E-state index in [2.05, 4.69) is 10.8 Å². The van der Waals surface area contributed by atoms with Crippen LogP contribution in [0, 0.1) is 11.3 Å². The molecular formula is C15H12N2O2S. The van der Waals surface area contributed by atoms with Crippen LogP contribution in [0.3, 0.4) is 0 Å². The maximum Gasteiger partial charge on any atom is 0.337 e. The minimum Gasteiger partial charge on any atom is -0.465 e. The molecule has 0 aliphatic carbocycles. The van der Waals surface area contributed by atoms with E-state index in [4.69, 9.17) is 11.0 Å². The van der Waals surface area contributed by atoms with Crippen molar-refractivity contribution in [2.75, 3.05) is 12.8 Å². The second kappa shape index (κ2) is 6.13. The average molecular weight is 284 g/mol. The van der Waals surface area contributed by atoms with E-state index in [0.717, 1.165) is 9.79 Å². The largest absolute Gasteiger partial charge is 0.465 e. The number of benzene rings is 2. The van der Waals surface area contributed by atoms with Crippen LogP contribution in [0.25, 0.3) is 0 Å². The predicted molar refractivity (Wildman–Crippen MR) is 77.5 cm³/mol. The summed E-state index contributed by atoms with van der Waals surface area (Å²) >= 11 is 1.45. The second-order valence-corrected chi connectivity index (χ2v) is 5.10. The number of carbonyl (C=O) groups excluding carboxylic acids is 1. The SMILES string of the molecule is COC(=O)c1ccc(Sc2ccc(N)cc2C#N)cc1. The maximum absolute atomic E-state index is 11.3. The molecule has 0 aliphatic heterocycles. The summed E-state index contributed by atoms with van der Waals surface area (Å²) < 4.78 is 4.64. The smallest absolute Gasteiger partial charge is 0.337 e. The highest BCUT2D eigenvalue weighted by molar-refractivity contribution is 7.99. The van der Waals surface area contributed by atoms with Crippen molar-refractivity contribution in [2.45, 2.75) is 9.79 Å². The zero-order valence-electron chi connectivity index (χ0n) is 10.8. The molecule has 0 radical (unpaired) electrons. The van der Waals surface area contributed by atoms with Gasteiger partial charge >= 0.3 is 5.97 Å². The Morgan fingerprint density at radius 2 is 1.95 bits per heavy atom. The van der Waals surface area contributed by atoms with Crippen molar-refractivity contribution in [3.63, 3.8) is 0 Å². The molecule has 100 valence electrons. The van der Waals surface area contributed by atoms with E-state index < -0.39 is 0 Å². The molecule has 5 heteroatoms. The van der Waals surface area contributed by atoms with E-state index in [1.54, 1.807) is 24.3 Å². The molecule has 20 heavy (non-hydrogen) atoms. The highest BCUT2D eigenvalue weighted by Crippen LogP contribution is 2.31. The van der Waals surface area contributed by atoms with Crippen molar-refractivity contribution in [3.8, 4) is 6.07 Å². The molecule has 0 atom stereocenters. The standard InChI is InChI=1S/C15H12N2O2S/c1-19-15(18)10-2-5-13(6-3-10)20-14-7-4-12(17)8-11(14)9-16/h2-8H,17H2,1H3. The van der Waals surface area contributed by atoms with Crippen LogP contribution in [-0.2, 0) is 4.74 Å². The Hall–Kier alpha value is -2.45. The van der Waals surface area contributed by atoms with E-state index in [0.29, 0.717) is 16.8 Å². The number of ether oxygens (including phenoxy) is 1. The van der Waals surface area contributed by atoms with Gasteiger partial charge in [0.15, 0.2) is 0 Å². The van der Waals surface area contributed by atoms with E-state index in [-0.39, 0.29) is 5.97 Å². The van der Waals surface area contributed by atoms with Gasteiger partial charge in [0.1, 0.15) is 6.07 Å². The van der Waals surface area contributed by atoms with Crippen LogP contribution in [-0.4, -0.2) is 13.1 Å². The molecule has 2 aromatic rings. The molecule has 0 bridgehead atoms. The molecule has 0 saturated carbocycles. The summed E-state index contributed by atoms with van der Waals surface area (Å²) in [5, 5.41) is 9.09. The number of methoxy groups -OCH3 is 1. The highest BCUT2D eigenvalue weighted by atomic mass is 32.2. The molecule has 0 amide bonds. The summed E-state index contributed by atoms with van der Waals surface area (Å²) in [6, 6.07) is 14.3. The zero-order valence-corrected chi connectivity index (χ0v) is 11.6. The fraction of sp³-hybridized carbons (Fsp3) is 0.0667. The van der Waals surface area contributed by atoms with E-state index >= 15 is 0 Å². The summed E-state index contributed by atoms with van der Waals surface area (Å²) in [4.78, 5) is 13.1. The Balaban J connectivity index is 2.23. The second-order valence-electron chi connectivity index (χ2n) is 3.99. The third-order valence-corrected chi connectivity index (χ3v) is 3.71. The summed E-state index contributed by atoms with van der Waals surface area (Å²) in [5.41, 5.74) is 7.24. The fourth-order valence-corrected chi connectivity index (χ4v) is 2.50. The molecule has 0 spiro atoms. The Morgan fingerprint density at radius 3 is 2.55 bits per heavy atom. The molecule has 0 aliphatic rings. The number of nitrogen functional groups attached to an aromatic ring is 1. The molecule has 0 heterocycles. The van der Waals surface area contributed by atoms with Crippen molar-refractivity contribution in [1.29, 1.82) is 5.26 Å². The third-order valence-electron chi connectivity index (χ3n) is 2.63. The van der Waals surface area contributed by atoms with E-state index in [9.17, 15) is 4.79 Å². The summed E-state index contributed by atoms with van der Waals surface area (Å²) in [6.07, 6.45) is 0. The van der Waals surface area contributed by atoms with Crippen LogP contribution in [0.2, 0.25) is 0 Å². The Morgan fingerprint density at radius 1 is 1.25 bits per heavy atom. The third kappa shape index (κ3) is 3.11. The first kappa shape index (κ1) is 14.0. The Kier molecular flexibility index (Phi) is 4.28. The molecule has 2 rings (SSSR count).